The van der Waals surface area contributed by atoms with Crippen molar-refractivity contribution >= 4 is 15.9 Å². The maximum atomic E-state index is 8.39. The zero-order chi connectivity index (χ0) is 9.68. The van der Waals surface area contributed by atoms with Gasteiger partial charge in [-0.05, 0) is 37.0 Å². The molecule has 0 N–H and O–H groups in total. The van der Waals surface area contributed by atoms with Gasteiger partial charge in [0.1, 0.15) is 0 Å². The number of benzene rings is 1. The van der Waals surface area contributed by atoms with E-state index in [2.05, 4.69) is 47.1 Å². The van der Waals surface area contributed by atoms with Gasteiger partial charge in [-0.3, -0.25) is 0 Å². The van der Waals surface area contributed by atoms with E-state index in [-0.39, 0.29) is 0 Å². The highest BCUT2D eigenvalue weighted by Crippen LogP contribution is 2.18. The molecule has 0 saturated carbocycles. The Kier molecular flexibility index (Phi) is 3.98. The SMILES string of the molecule is Cc1cc(CCCC#N)ccc1Br. The van der Waals surface area contributed by atoms with Crippen molar-refractivity contribution < 1.29 is 0 Å². The Morgan fingerprint density at radius 1 is 1.46 bits per heavy atom. The van der Waals surface area contributed by atoms with Crippen LogP contribution in [-0.4, -0.2) is 0 Å². The summed E-state index contributed by atoms with van der Waals surface area (Å²) in [7, 11) is 0. The second-order valence-electron chi connectivity index (χ2n) is 3.10. The van der Waals surface area contributed by atoms with Gasteiger partial charge in [0.2, 0.25) is 0 Å². The third-order valence-corrected chi connectivity index (χ3v) is 2.87. The van der Waals surface area contributed by atoms with Crippen molar-refractivity contribution in [2.24, 2.45) is 0 Å². The van der Waals surface area contributed by atoms with Crippen LogP contribution in [0.5, 0.6) is 0 Å². The van der Waals surface area contributed by atoms with E-state index in [1.807, 2.05) is 0 Å². The van der Waals surface area contributed by atoms with Gasteiger partial charge in [0.05, 0.1) is 6.07 Å². The molecule has 2 heteroatoms. The number of halogens is 1. The van der Waals surface area contributed by atoms with Crippen molar-refractivity contribution in [2.45, 2.75) is 26.2 Å². The lowest BCUT2D eigenvalue weighted by Crippen LogP contribution is -1.86. The van der Waals surface area contributed by atoms with Gasteiger partial charge < -0.3 is 0 Å². The molecule has 1 aromatic carbocycles. The Morgan fingerprint density at radius 2 is 2.23 bits per heavy atom. The summed E-state index contributed by atoms with van der Waals surface area (Å²) in [5, 5.41) is 8.39. The summed E-state index contributed by atoms with van der Waals surface area (Å²) in [4.78, 5) is 0. The molecule has 0 atom stereocenters. The molecule has 0 fully saturated rings. The van der Waals surface area contributed by atoms with E-state index in [0.717, 1.165) is 17.3 Å². The van der Waals surface area contributed by atoms with E-state index in [9.17, 15) is 0 Å². The molecule has 0 aromatic heterocycles. The molecule has 0 heterocycles. The van der Waals surface area contributed by atoms with Crippen molar-refractivity contribution in [3.63, 3.8) is 0 Å². The van der Waals surface area contributed by atoms with Gasteiger partial charge >= 0.3 is 0 Å². The van der Waals surface area contributed by atoms with Gasteiger partial charge in [-0.15, -0.1) is 0 Å². The van der Waals surface area contributed by atoms with Crippen LogP contribution < -0.4 is 0 Å². The fourth-order valence-corrected chi connectivity index (χ4v) is 1.48. The van der Waals surface area contributed by atoms with Gasteiger partial charge in [0.15, 0.2) is 0 Å². The zero-order valence-corrected chi connectivity index (χ0v) is 9.26. The maximum absolute atomic E-state index is 8.39. The third kappa shape index (κ3) is 3.20. The number of unbranched alkanes of at least 4 members (excludes halogenated alkanes) is 1. The van der Waals surface area contributed by atoms with Crippen molar-refractivity contribution in [3.05, 3.63) is 33.8 Å². The molecule has 13 heavy (non-hydrogen) atoms. The average Bonchev–Trinajstić information content (AvgIpc) is 2.12. The first kappa shape index (κ1) is 10.3. The summed E-state index contributed by atoms with van der Waals surface area (Å²) in [6, 6.07) is 8.49. The van der Waals surface area contributed by atoms with Crippen LogP contribution in [0.4, 0.5) is 0 Å². The molecule has 0 aliphatic carbocycles. The minimum Gasteiger partial charge on any atom is -0.198 e. The van der Waals surface area contributed by atoms with Crippen LogP contribution in [-0.2, 0) is 6.42 Å². The number of hydrogen-bond donors (Lipinski definition) is 0. The Morgan fingerprint density at radius 3 is 2.85 bits per heavy atom. The topological polar surface area (TPSA) is 23.8 Å². The van der Waals surface area contributed by atoms with Crippen molar-refractivity contribution in [1.29, 1.82) is 5.26 Å². The third-order valence-electron chi connectivity index (χ3n) is 1.98. The van der Waals surface area contributed by atoms with E-state index in [1.54, 1.807) is 0 Å². The molecule has 1 rings (SSSR count). The van der Waals surface area contributed by atoms with Crippen molar-refractivity contribution in [3.8, 4) is 6.07 Å². The molecular formula is C11H12BrN. The molecule has 68 valence electrons. The van der Waals surface area contributed by atoms with Crippen LogP contribution in [0.1, 0.15) is 24.0 Å². The molecule has 0 saturated heterocycles. The molecule has 0 amide bonds. The number of rotatable bonds is 3. The minimum absolute atomic E-state index is 0.648. The molecule has 0 aliphatic heterocycles. The fraction of sp³-hybridized carbons (Fsp3) is 0.364. The predicted molar refractivity (Wildman–Crippen MR) is 57.4 cm³/mol. The molecule has 0 radical (unpaired) electrons. The van der Waals surface area contributed by atoms with E-state index in [1.165, 1.54) is 11.1 Å². The fourth-order valence-electron chi connectivity index (χ4n) is 1.23. The highest BCUT2D eigenvalue weighted by Gasteiger charge is 1.96. The number of nitriles is 1. The quantitative estimate of drug-likeness (QED) is 0.738. The van der Waals surface area contributed by atoms with E-state index < -0.39 is 0 Å². The number of aryl methyl sites for hydroxylation is 2. The summed E-state index contributed by atoms with van der Waals surface area (Å²) in [6.45, 7) is 2.08. The zero-order valence-electron chi connectivity index (χ0n) is 7.68. The number of hydrogen-bond acceptors (Lipinski definition) is 1. The van der Waals surface area contributed by atoms with E-state index >= 15 is 0 Å². The lowest BCUT2D eigenvalue weighted by atomic mass is 10.1. The van der Waals surface area contributed by atoms with Crippen LogP contribution in [0, 0.1) is 18.3 Å². The summed E-state index contributed by atoms with van der Waals surface area (Å²) in [5.41, 5.74) is 2.57. The summed E-state index contributed by atoms with van der Waals surface area (Å²) >= 11 is 3.46. The molecule has 1 nitrogen and oxygen atoms in total. The number of nitrogens with zero attached hydrogens (tertiary/aromatic N) is 1. The predicted octanol–water partition coefficient (Wildman–Crippen LogP) is 3.60. The van der Waals surface area contributed by atoms with Crippen LogP contribution in [0.15, 0.2) is 22.7 Å². The second kappa shape index (κ2) is 5.04. The normalized spacial score (nSPS) is 9.62. The smallest absolute Gasteiger partial charge is 0.0621 e. The second-order valence-corrected chi connectivity index (χ2v) is 3.95. The van der Waals surface area contributed by atoms with Gasteiger partial charge in [-0.25, -0.2) is 0 Å². The van der Waals surface area contributed by atoms with Crippen LogP contribution in [0.2, 0.25) is 0 Å². The molecule has 0 bridgehead atoms. The van der Waals surface area contributed by atoms with Crippen molar-refractivity contribution in [2.75, 3.05) is 0 Å². The van der Waals surface area contributed by atoms with E-state index in [4.69, 9.17) is 5.26 Å². The van der Waals surface area contributed by atoms with Crippen LogP contribution in [0.25, 0.3) is 0 Å². The largest absolute Gasteiger partial charge is 0.198 e. The molecular weight excluding hydrogens is 226 g/mol. The molecule has 1 aromatic rings. The first-order chi connectivity index (χ1) is 6.24. The Labute approximate surface area is 87.5 Å². The highest BCUT2D eigenvalue weighted by atomic mass is 79.9. The van der Waals surface area contributed by atoms with E-state index in [0.29, 0.717) is 6.42 Å². The van der Waals surface area contributed by atoms with Gasteiger partial charge in [0, 0.05) is 10.9 Å². The Balaban J connectivity index is 2.59. The first-order valence-corrected chi connectivity index (χ1v) is 5.15. The standard InChI is InChI=1S/C11H12BrN/c1-9-8-10(4-2-3-7-13)5-6-11(9)12/h5-6,8H,2-4H2,1H3. The lowest BCUT2D eigenvalue weighted by Gasteiger charge is -2.02. The Bertz CT molecular complexity index is 325. The summed E-state index contributed by atoms with van der Waals surface area (Å²) < 4.78 is 1.15. The summed E-state index contributed by atoms with van der Waals surface area (Å²) in [5.74, 6) is 0. The van der Waals surface area contributed by atoms with Crippen molar-refractivity contribution in [1.82, 2.24) is 0 Å². The maximum Gasteiger partial charge on any atom is 0.0621 e. The average molecular weight is 238 g/mol. The van der Waals surface area contributed by atoms with Gasteiger partial charge in [-0.2, -0.15) is 5.26 Å². The first-order valence-electron chi connectivity index (χ1n) is 4.36. The van der Waals surface area contributed by atoms with Gasteiger partial charge in [-0.1, -0.05) is 28.1 Å². The Hall–Kier alpha value is -0.810. The lowest BCUT2D eigenvalue weighted by molar-refractivity contribution is 0.849. The minimum atomic E-state index is 0.648. The molecule has 0 aliphatic rings. The highest BCUT2D eigenvalue weighted by molar-refractivity contribution is 9.10. The summed E-state index contributed by atoms with van der Waals surface area (Å²) in [6.07, 6.45) is 2.61. The van der Waals surface area contributed by atoms with Crippen LogP contribution in [0.3, 0.4) is 0 Å². The molecule has 0 unspecified atom stereocenters. The molecule has 0 spiro atoms. The monoisotopic (exact) mass is 237 g/mol. The van der Waals surface area contributed by atoms with Gasteiger partial charge in [0.25, 0.3) is 0 Å². The van der Waals surface area contributed by atoms with Crippen LogP contribution >= 0.6 is 15.9 Å².